The molecule has 112 valence electrons. The van der Waals surface area contributed by atoms with Gasteiger partial charge in [-0.3, -0.25) is 9.59 Å². The number of unbranched alkanes of at least 4 members (excludes halogenated alkanes) is 6. The molecule has 1 rings (SSSR count). The minimum absolute atomic E-state index is 0.0111. The molecule has 20 heavy (non-hydrogen) atoms. The van der Waals surface area contributed by atoms with Gasteiger partial charge in [0.25, 0.3) is 0 Å². The third kappa shape index (κ3) is 6.80. The number of carbonyl (C=O) groups excluding carboxylic acids is 2. The third-order valence-corrected chi connectivity index (χ3v) is 3.88. The Hall–Kier alpha value is -1.23. The smallest absolute Gasteiger partial charge is 0.226 e. The second kappa shape index (κ2) is 9.64. The van der Waals surface area contributed by atoms with E-state index in [-0.39, 0.29) is 11.7 Å². The number of thiazole rings is 1. The van der Waals surface area contributed by atoms with Crippen molar-refractivity contribution >= 4 is 28.2 Å². The van der Waals surface area contributed by atoms with Gasteiger partial charge in [0.05, 0.1) is 0 Å². The van der Waals surface area contributed by atoms with E-state index in [9.17, 15) is 9.59 Å². The first kappa shape index (κ1) is 16.8. The van der Waals surface area contributed by atoms with Crippen molar-refractivity contribution in [2.45, 2.75) is 65.2 Å². The number of anilines is 1. The summed E-state index contributed by atoms with van der Waals surface area (Å²) in [7, 11) is 0. The molecule has 0 fully saturated rings. The predicted molar refractivity (Wildman–Crippen MR) is 83.4 cm³/mol. The summed E-state index contributed by atoms with van der Waals surface area (Å²) in [5, 5.41) is 4.93. The van der Waals surface area contributed by atoms with Crippen molar-refractivity contribution in [1.29, 1.82) is 0 Å². The Bertz CT molecular complexity index is 429. The summed E-state index contributed by atoms with van der Waals surface area (Å²) in [4.78, 5) is 26.9. The number of nitrogens with zero attached hydrogens (tertiary/aromatic N) is 1. The number of rotatable bonds is 10. The number of Topliss-reactive ketones (excluding diaryl/α,β-unsaturated/α-hetero) is 1. The summed E-state index contributed by atoms with van der Waals surface area (Å²) in [5.41, 5.74) is 0.418. The molecule has 0 bridgehead atoms. The molecule has 1 aromatic heterocycles. The molecule has 0 spiro atoms. The zero-order valence-electron chi connectivity index (χ0n) is 12.4. The number of ketones is 1. The van der Waals surface area contributed by atoms with Crippen molar-refractivity contribution in [3.05, 3.63) is 11.1 Å². The first-order chi connectivity index (χ1) is 9.63. The number of nitrogens with one attached hydrogen (secondary N) is 1. The number of hydrogen-bond acceptors (Lipinski definition) is 4. The highest BCUT2D eigenvalue weighted by Gasteiger charge is 2.08. The molecule has 4 nitrogen and oxygen atoms in total. The molecule has 0 aromatic carbocycles. The van der Waals surface area contributed by atoms with E-state index in [2.05, 4.69) is 17.2 Å². The van der Waals surface area contributed by atoms with Gasteiger partial charge in [0.2, 0.25) is 5.91 Å². The van der Waals surface area contributed by atoms with Gasteiger partial charge >= 0.3 is 0 Å². The quantitative estimate of drug-likeness (QED) is 0.513. The van der Waals surface area contributed by atoms with Crippen molar-refractivity contribution in [1.82, 2.24) is 4.98 Å². The topological polar surface area (TPSA) is 59.1 Å². The molecule has 1 heterocycles. The molecule has 1 aromatic rings. The molecule has 1 N–H and O–H groups in total. The van der Waals surface area contributed by atoms with Gasteiger partial charge in [0.1, 0.15) is 5.69 Å². The first-order valence-corrected chi connectivity index (χ1v) is 8.27. The largest absolute Gasteiger partial charge is 0.302 e. The van der Waals surface area contributed by atoms with E-state index in [1.165, 1.54) is 50.4 Å². The van der Waals surface area contributed by atoms with Crippen LogP contribution in [0.1, 0.15) is 75.7 Å². The van der Waals surface area contributed by atoms with Gasteiger partial charge in [-0.05, 0) is 6.42 Å². The molecular formula is C15H24N2O2S. The van der Waals surface area contributed by atoms with Gasteiger partial charge in [-0.15, -0.1) is 11.3 Å². The van der Waals surface area contributed by atoms with Crippen LogP contribution in [-0.4, -0.2) is 16.7 Å². The summed E-state index contributed by atoms with van der Waals surface area (Å²) in [5.74, 6) is -0.0863. The van der Waals surface area contributed by atoms with E-state index in [0.717, 1.165) is 12.8 Å². The van der Waals surface area contributed by atoms with Gasteiger partial charge in [0, 0.05) is 18.7 Å². The summed E-state index contributed by atoms with van der Waals surface area (Å²) in [6, 6.07) is 0. The van der Waals surface area contributed by atoms with Crippen molar-refractivity contribution in [2.24, 2.45) is 0 Å². The lowest BCUT2D eigenvalue weighted by molar-refractivity contribution is -0.116. The highest BCUT2D eigenvalue weighted by Crippen LogP contribution is 2.16. The standard InChI is InChI=1S/C15H24N2O2S/c1-3-4-5-6-7-8-9-10-14(19)17-15-16-13(11-20-15)12(2)18/h11H,3-10H2,1-2H3,(H,16,17,19). The van der Waals surface area contributed by atoms with E-state index in [1.807, 2.05) is 0 Å². The fraction of sp³-hybridized carbons (Fsp3) is 0.667. The fourth-order valence-corrected chi connectivity index (χ4v) is 2.68. The first-order valence-electron chi connectivity index (χ1n) is 7.39. The van der Waals surface area contributed by atoms with Crippen LogP contribution in [0.25, 0.3) is 0 Å². The Labute approximate surface area is 125 Å². The molecule has 1 amide bonds. The Balaban J connectivity index is 2.12. The predicted octanol–water partition coefficient (Wildman–Crippen LogP) is 4.42. The zero-order chi connectivity index (χ0) is 14.8. The molecule has 0 unspecified atom stereocenters. The van der Waals surface area contributed by atoms with Crippen LogP contribution >= 0.6 is 11.3 Å². The minimum atomic E-state index is -0.0752. The lowest BCUT2D eigenvalue weighted by atomic mass is 10.1. The van der Waals surface area contributed by atoms with E-state index >= 15 is 0 Å². The maximum Gasteiger partial charge on any atom is 0.226 e. The van der Waals surface area contributed by atoms with Gasteiger partial charge in [0.15, 0.2) is 10.9 Å². The molecule has 0 aliphatic carbocycles. The van der Waals surface area contributed by atoms with Gasteiger partial charge < -0.3 is 5.32 Å². The molecule has 0 aliphatic heterocycles. The van der Waals surface area contributed by atoms with Crippen LogP contribution in [-0.2, 0) is 4.79 Å². The van der Waals surface area contributed by atoms with Crippen LogP contribution in [0.3, 0.4) is 0 Å². The molecule has 5 heteroatoms. The van der Waals surface area contributed by atoms with Crippen LogP contribution in [0.4, 0.5) is 5.13 Å². The average Bonchev–Trinajstić information content (AvgIpc) is 2.86. The molecule has 0 atom stereocenters. The normalized spacial score (nSPS) is 10.5. The second-order valence-corrected chi connectivity index (χ2v) is 5.87. The molecule has 0 aliphatic rings. The summed E-state index contributed by atoms with van der Waals surface area (Å²) < 4.78 is 0. The fourth-order valence-electron chi connectivity index (χ4n) is 1.92. The van der Waals surface area contributed by atoms with E-state index < -0.39 is 0 Å². The number of carbonyl (C=O) groups is 2. The van der Waals surface area contributed by atoms with Gasteiger partial charge in [-0.2, -0.15) is 0 Å². The lowest BCUT2D eigenvalue weighted by Crippen LogP contribution is -2.11. The van der Waals surface area contributed by atoms with Crippen LogP contribution in [0.2, 0.25) is 0 Å². The van der Waals surface area contributed by atoms with Crippen LogP contribution in [0, 0.1) is 0 Å². The Morgan fingerprint density at radius 1 is 1.15 bits per heavy atom. The zero-order valence-corrected chi connectivity index (χ0v) is 13.2. The van der Waals surface area contributed by atoms with Crippen molar-refractivity contribution in [2.75, 3.05) is 5.32 Å². The van der Waals surface area contributed by atoms with Crippen LogP contribution < -0.4 is 5.32 Å². The van der Waals surface area contributed by atoms with Crippen molar-refractivity contribution < 1.29 is 9.59 Å². The van der Waals surface area contributed by atoms with E-state index in [4.69, 9.17) is 0 Å². The summed E-state index contributed by atoms with van der Waals surface area (Å²) >= 11 is 1.30. The second-order valence-electron chi connectivity index (χ2n) is 5.01. The van der Waals surface area contributed by atoms with Crippen LogP contribution in [0.5, 0.6) is 0 Å². The highest BCUT2D eigenvalue weighted by molar-refractivity contribution is 7.14. The minimum Gasteiger partial charge on any atom is -0.302 e. The van der Waals surface area contributed by atoms with Gasteiger partial charge in [-0.1, -0.05) is 45.4 Å². The van der Waals surface area contributed by atoms with Crippen LogP contribution in [0.15, 0.2) is 5.38 Å². The number of aromatic nitrogens is 1. The van der Waals surface area contributed by atoms with E-state index in [0.29, 0.717) is 17.2 Å². The Morgan fingerprint density at radius 3 is 2.40 bits per heavy atom. The molecule has 0 saturated carbocycles. The van der Waals surface area contributed by atoms with Crippen molar-refractivity contribution in [3.63, 3.8) is 0 Å². The third-order valence-electron chi connectivity index (χ3n) is 3.12. The molecular weight excluding hydrogens is 272 g/mol. The van der Waals surface area contributed by atoms with Gasteiger partial charge in [-0.25, -0.2) is 4.98 Å². The summed E-state index contributed by atoms with van der Waals surface area (Å²) in [6.07, 6.45) is 8.90. The molecule has 0 radical (unpaired) electrons. The van der Waals surface area contributed by atoms with E-state index in [1.54, 1.807) is 5.38 Å². The number of hydrogen-bond donors (Lipinski definition) is 1. The lowest BCUT2D eigenvalue weighted by Gasteiger charge is -2.02. The van der Waals surface area contributed by atoms with Crippen molar-refractivity contribution in [3.8, 4) is 0 Å². The SMILES string of the molecule is CCCCCCCCCC(=O)Nc1nc(C(C)=O)cs1. The monoisotopic (exact) mass is 296 g/mol. The maximum atomic E-state index is 11.7. The summed E-state index contributed by atoms with van der Waals surface area (Å²) in [6.45, 7) is 3.68. The Morgan fingerprint density at radius 2 is 1.80 bits per heavy atom. The number of amides is 1. The maximum absolute atomic E-state index is 11.7. The molecule has 0 saturated heterocycles. The highest BCUT2D eigenvalue weighted by atomic mass is 32.1. The average molecular weight is 296 g/mol. The Kier molecular flexibility index (Phi) is 8.11.